The SMILES string of the molecule is CC1CCC(N(C)CCC(=O)c2ccc(Br)cc2)CC1. The van der Waals surface area contributed by atoms with Crippen molar-refractivity contribution >= 4 is 21.7 Å². The first-order valence-corrected chi connectivity index (χ1v) is 8.34. The third kappa shape index (κ3) is 4.42. The number of benzene rings is 1. The summed E-state index contributed by atoms with van der Waals surface area (Å²) in [5.74, 6) is 1.12. The molecule has 0 radical (unpaired) electrons. The first-order chi connectivity index (χ1) is 9.56. The Morgan fingerprint density at radius 2 is 1.80 bits per heavy atom. The van der Waals surface area contributed by atoms with Crippen LogP contribution in [-0.2, 0) is 0 Å². The molecule has 110 valence electrons. The number of hydrogen-bond donors (Lipinski definition) is 0. The normalized spacial score (nSPS) is 23.0. The van der Waals surface area contributed by atoms with Gasteiger partial charge in [-0.1, -0.05) is 35.0 Å². The van der Waals surface area contributed by atoms with E-state index in [0.29, 0.717) is 12.5 Å². The summed E-state index contributed by atoms with van der Waals surface area (Å²) in [5.41, 5.74) is 0.818. The third-order valence-corrected chi connectivity index (χ3v) is 5.00. The molecule has 0 unspecified atom stereocenters. The maximum Gasteiger partial charge on any atom is 0.164 e. The molecular weight excluding hydrogens is 314 g/mol. The van der Waals surface area contributed by atoms with Gasteiger partial charge in [-0.3, -0.25) is 4.79 Å². The molecule has 0 saturated heterocycles. The molecule has 0 atom stereocenters. The van der Waals surface area contributed by atoms with Crippen LogP contribution in [0.5, 0.6) is 0 Å². The molecular formula is C17H24BrNO. The molecule has 0 amide bonds. The lowest BCUT2D eigenvalue weighted by atomic mass is 9.86. The third-order valence-electron chi connectivity index (χ3n) is 4.47. The molecule has 0 heterocycles. The van der Waals surface area contributed by atoms with Crippen molar-refractivity contribution in [3.05, 3.63) is 34.3 Å². The van der Waals surface area contributed by atoms with Gasteiger partial charge in [0.2, 0.25) is 0 Å². The smallest absolute Gasteiger partial charge is 0.164 e. The van der Waals surface area contributed by atoms with Gasteiger partial charge in [0, 0.05) is 29.0 Å². The molecule has 1 aromatic rings. The average molecular weight is 338 g/mol. The number of halogens is 1. The topological polar surface area (TPSA) is 20.3 Å². The zero-order valence-corrected chi connectivity index (χ0v) is 14.0. The average Bonchev–Trinajstić information content (AvgIpc) is 2.46. The van der Waals surface area contributed by atoms with Gasteiger partial charge in [0.15, 0.2) is 5.78 Å². The minimum absolute atomic E-state index is 0.244. The monoisotopic (exact) mass is 337 g/mol. The van der Waals surface area contributed by atoms with Crippen LogP contribution in [0.4, 0.5) is 0 Å². The van der Waals surface area contributed by atoms with Crippen molar-refractivity contribution in [3.63, 3.8) is 0 Å². The number of rotatable bonds is 5. The van der Waals surface area contributed by atoms with E-state index in [9.17, 15) is 4.79 Å². The van der Waals surface area contributed by atoms with Gasteiger partial charge in [-0.25, -0.2) is 0 Å². The van der Waals surface area contributed by atoms with Crippen molar-refractivity contribution in [2.45, 2.75) is 45.1 Å². The predicted molar refractivity (Wildman–Crippen MR) is 87.1 cm³/mol. The van der Waals surface area contributed by atoms with E-state index in [4.69, 9.17) is 0 Å². The van der Waals surface area contributed by atoms with E-state index in [0.717, 1.165) is 22.5 Å². The molecule has 2 nitrogen and oxygen atoms in total. The summed E-state index contributed by atoms with van der Waals surface area (Å²) in [6, 6.07) is 8.33. The van der Waals surface area contributed by atoms with E-state index < -0.39 is 0 Å². The second-order valence-corrected chi connectivity index (χ2v) is 6.99. The minimum Gasteiger partial charge on any atom is -0.303 e. The van der Waals surface area contributed by atoms with Crippen LogP contribution in [-0.4, -0.2) is 30.3 Å². The van der Waals surface area contributed by atoms with Gasteiger partial charge in [0.1, 0.15) is 0 Å². The van der Waals surface area contributed by atoms with E-state index in [-0.39, 0.29) is 5.78 Å². The summed E-state index contributed by atoms with van der Waals surface area (Å²) in [6.45, 7) is 3.21. The summed E-state index contributed by atoms with van der Waals surface area (Å²) in [7, 11) is 2.16. The van der Waals surface area contributed by atoms with Crippen LogP contribution in [0.3, 0.4) is 0 Å². The van der Waals surface area contributed by atoms with Gasteiger partial charge in [0.25, 0.3) is 0 Å². The highest BCUT2D eigenvalue weighted by Gasteiger charge is 2.21. The highest BCUT2D eigenvalue weighted by atomic mass is 79.9. The summed E-state index contributed by atoms with van der Waals surface area (Å²) in [6.07, 6.45) is 5.84. The number of hydrogen-bond acceptors (Lipinski definition) is 2. The maximum absolute atomic E-state index is 12.2. The summed E-state index contributed by atoms with van der Waals surface area (Å²) in [5, 5.41) is 0. The van der Waals surface area contributed by atoms with E-state index in [1.807, 2.05) is 24.3 Å². The maximum atomic E-state index is 12.2. The summed E-state index contributed by atoms with van der Waals surface area (Å²) in [4.78, 5) is 14.5. The van der Waals surface area contributed by atoms with Crippen molar-refractivity contribution in [2.75, 3.05) is 13.6 Å². The van der Waals surface area contributed by atoms with Crippen LogP contribution in [0.1, 0.15) is 49.4 Å². The van der Waals surface area contributed by atoms with Crippen LogP contribution in [0.25, 0.3) is 0 Å². The highest BCUT2D eigenvalue weighted by Crippen LogP contribution is 2.26. The molecule has 0 aromatic heterocycles. The molecule has 1 fully saturated rings. The molecule has 1 aliphatic rings. The molecule has 0 aliphatic heterocycles. The molecule has 20 heavy (non-hydrogen) atoms. The van der Waals surface area contributed by atoms with Crippen LogP contribution >= 0.6 is 15.9 Å². The molecule has 3 heteroatoms. The van der Waals surface area contributed by atoms with Gasteiger partial charge in [-0.15, -0.1) is 0 Å². The largest absolute Gasteiger partial charge is 0.303 e. The Morgan fingerprint density at radius 3 is 2.40 bits per heavy atom. The van der Waals surface area contributed by atoms with Crippen molar-refractivity contribution in [1.29, 1.82) is 0 Å². The second-order valence-electron chi connectivity index (χ2n) is 6.07. The Kier molecular flexibility index (Phi) is 5.79. The first kappa shape index (κ1) is 15.7. The molecule has 1 aliphatic carbocycles. The van der Waals surface area contributed by atoms with E-state index in [2.05, 4.69) is 34.8 Å². The number of nitrogens with zero attached hydrogens (tertiary/aromatic N) is 1. The van der Waals surface area contributed by atoms with Gasteiger partial charge in [0.05, 0.1) is 0 Å². The van der Waals surface area contributed by atoms with Crippen molar-refractivity contribution < 1.29 is 4.79 Å². The molecule has 0 N–H and O–H groups in total. The standard InChI is InChI=1S/C17H24BrNO/c1-13-3-9-16(10-4-13)19(2)12-11-17(20)14-5-7-15(18)8-6-14/h5-8,13,16H,3-4,9-12H2,1-2H3. The lowest BCUT2D eigenvalue weighted by Gasteiger charge is -2.33. The van der Waals surface area contributed by atoms with Gasteiger partial charge >= 0.3 is 0 Å². The molecule has 1 saturated carbocycles. The van der Waals surface area contributed by atoms with Gasteiger partial charge in [-0.05, 0) is 50.8 Å². The van der Waals surface area contributed by atoms with E-state index in [1.165, 1.54) is 25.7 Å². The molecule has 1 aromatic carbocycles. The van der Waals surface area contributed by atoms with Gasteiger partial charge in [-0.2, -0.15) is 0 Å². The molecule has 2 rings (SSSR count). The lowest BCUT2D eigenvalue weighted by Crippen LogP contribution is -2.36. The fourth-order valence-corrected chi connectivity index (χ4v) is 3.19. The van der Waals surface area contributed by atoms with Crippen LogP contribution in [0, 0.1) is 5.92 Å². The number of carbonyl (C=O) groups excluding carboxylic acids is 1. The predicted octanol–water partition coefficient (Wildman–Crippen LogP) is 4.53. The van der Waals surface area contributed by atoms with Crippen LogP contribution < -0.4 is 0 Å². The highest BCUT2D eigenvalue weighted by molar-refractivity contribution is 9.10. The Bertz CT molecular complexity index is 435. The Balaban J connectivity index is 1.79. The number of Topliss-reactive ketones (excluding diaryl/α,β-unsaturated/α-hetero) is 1. The summed E-state index contributed by atoms with van der Waals surface area (Å²) < 4.78 is 1.02. The lowest BCUT2D eigenvalue weighted by molar-refractivity contribution is 0.0947. The number of carbonyl (C=O) groups is 1. The summed E-state index contributed by atoms with van der Waals surface area (Å²) >= 11 is 3.39. The van der Waals surface area contributed by atoms with Crippen molar-refractivity contribution in [1.82, 2.24) is 4.90 Å². The zero-order chi connectivity index (χ0) is 14.5. The Morgan fingerprint density at radius 1 is 1.20 bits per heavy atom. The van der Waals surface area contributed by atoms with Crippen LogP contribution in [0.15, 0.2) is 28.7 Å². The molecule has 0 spiro atoms. The fourth-order valence-electron chi connectivity index (χ4n) is 2.92. The zero-order valence-electron chi connectivity index (χ0n) is 12.4. The second kappa shape index (κ2) is 7.37. The van der Waals surface area contributed by atoms with Crippen molar-refractivity contribution in [3.8, 4) is 0 Å². The van der Waals surface area contributed by atoms with E-state index >= 15 is 0 Å². The fraction of sp³-hybridized carbons (Fsp3) is 0.588. The Hall–Kier alpha value is -0.670. The van der Waals surface area contributed by atoms with Crippen LogP contribution in [0.2, 0.25) is 0 Å². The Labute approximate surface area is 130 Å². The first-order valence-electron chi connectivity index (χ1n) is 7.55. The number of ketones is 1. The molecule has 0 bridgehead atoms. The minimum atomic E-state index is 0.244. The van der Waals surface area contributed by atoms with Crippen molar-refractivity contribution in [2.24, 2.45) is 5.92 Å². The van der Waals surface area contributed by atoms with Gasteiger partial charge < -0.3 is 4.90 Å². The van der Waals surface area contributed by atoms with E-state index in [1.54, 1.807) is 0 Å². The quantitative estimate of drug-likeness (QED) is 0.735.